The fraction of sp³-hybridized carbons (Fsp3) is 0.333. The lowest BCUT2D eigenvalue weighted by molar-refractivity contribution is -0.385. The number of benzene rings is 1. The molecule has 0 bridgehead atoms. The molecule has 1 aromatic rings. The lowest BCUT2D eigenvalue weighted by atomic mass is 10.2. The minimum atomic E-state index is -1.30. The van der Waals surface area contributed by atoms with E-state index in [1.165, 1.54) is 0 Å². The predicted octanol–water partition coefficient (Wildman–Crippen LogP) is 2.14. The van der Waals surface area contributed by atoms with Crippen LogP contribution in [-0.2, 0) is 4.79 Å². The Morgan fingerprint density at radius 2 is 2.13 bits per heavy atom. The predicted molar refractivity (Wildman–Crippen MR) is 82.6 cm³/mol. The Balaban J connectivity index is 2.58. The van der Waals surface area contributed by atoms with E-state index in [9.17, 15) is 19.7 Å². The van der Waals surface area contributed by atoms with Crippen LogP contribution in [0.1, 0.15) is 29.6 Å². The first kappa shape index (κ1) is 18.3. The molecule has 0 saturated heterocycles. The van der Waals surface area contributed by atoms with Crippen molar-refractivity contribution in [2.45, 2.75) is 19.3 Å². The number of ether oxygens (including phenoxy) is 1. The van der Waals surface area contributed by atoms with E-state index in [4.69, 9.17) is 9.84 Å². The number of esters is 1. The fourth-order valence-electron chi connectivity index (χ4n) is 1.74. The van der Waals surface area contributed by atoms with Gasteiger partial charge in [0.1, 0.15) is 0 Å². The fourth-order valence-corrected chi connectivity index (χ4v) is 1.74. The molecule has 0 amide bonds. The highest BCUT2D eigenvalue weighted by atomic mass is 16.6. The summed E-state index contributed by atoms with van der Waals surface area (Å²) in [6.45, 7) is 4.71. The van der Waals surface area contributed by atoms with Gasteiger partial charge in [-0.25, -0.2) is 4.79 Å². The minimum absolute atomic E-state index is 0.0475. The van der Waals surface area contributed by atoms with Gasteiger partial charge in [0.25, 0.3) is 0 Å². The molecule has 0 atom stereocenters. The van der Waals surface area contributed by atoms with Gasteiger partial charge in [0.05, 0.1) is 16.9 Å². The Bertz CT molecular complexity index is 600. The number of carboxylic acid groups (broad SMARTS) is 1. The molecule has 124 valence electrons. The number of carbonyl (C=O) groups excluding carboxylic acids is 1. The molecule has 2 N–H and O–H groups in total. The molecule has 0 aromatic heterocycles. The van der Waals surface area contributed by atoms with Gasteiger partial charge in [0, 0.05) is 12.6 Å². The van der Waals surface area contributed by atoms with Gasteiger partial charge in [0.2, 0.25) is 5.75 Å². The van der Waals surface area contributed by atoms with Gasteiger partial charge in [-0.3, -0.25) is 14.9 Å². The van der Waals surface area contributed by atoms with E-state index in [1.54, 1.807) is 6.08 Å². The van der Waals surface area contributed by atoms with Gasteiger partial charge < -0.3 is 15.2 Å². The van der Waals surface area contributed by atoms with Crippen molar-refractivity contribution in [3.8, 4) is 5.75 Å². The zero-order chi connectivity index (χ0) is 17.2. The van der Waals surface area contributed by atoms with Crippen LogP contribution in [0, 0.1) is 10.1 Å². The molecule has 0 fully saturated rings. The smallest absolute Gasteiger partial charge is 0.335 e. The number of carboxylic acids is 1. The van der Waals surface area contributed by atoms with Crippen LogP contribution in [0.5, 0.6) is 5.75 Å². The summed E-state index contributed by atoms with van der Waals surface area (Å²) in [4.78, 5) is 32.6. The number of nitro benzene ring substituents is 1. The second kappa shape index (κ2) is 9.31. The van der Waals surface area contributed by atoms with Crippen LogP contribution in [0.15, 0.2) is 30.9 Å². The topological polar surface area (TPSA) is 119 Å². The van der Waals surface area contributed by atoms with Gasteiger partial charge in [-0.15, -0.1) is 6.58 Å². The van der Waals surface area contributed by atoms with Gasteiger partial charge >= 0.3 is 17.6 Å². The molecular formula is C15H18N2O6. The lowest BCUT2D eigenvalue weighted by Crippen LogP contribution is -2.21. The average molecular weight is 322 g/mol. The molecule has 8 nitrogen and oxygen atoms in total. The summed E-state index contributed by atoms with van der Waals surface area (Å²) >= 11 is 0. The molecule has 0 heterocycles. The standard InChI is InChI=1S/C15H18N2O6/c1-2-3-4-8-16-9-7-14(18)23-13-6-5-11(15(19)20)10-12(13)17(21)22/h2,5-6,10,16H,1,3-4,7-9H2,(H,19,20). The maximum absolute atomic E-state index is 11.7. The normalized spacial score (nSPS) is 10.1. The Morgan fingerprint density at radius 1 is 1.39 bits per heavy atom. The van der Waals surface area contributed by atoms with E-state index in [-0.39, 0.29) is 17.7 Å². The number of hydrogen-bond donors (Lipinski definition) is 2. The van der Waals surface area contributed by atoms with E-state index >= 15 is 0 Å². The number of aromatic carboxylic acids is 1. The summed E-state index contributed by atoms with van der Waals surface area (Å²) < 4.78 is 4.94. The molecule has 0 aliphatic rings. The summed E-state index contributed by atoms with van der Waals surface area (Å²) in [5, 5.41) is 22.8. The molecule has 0 unspecified atom stereocenters. The number of nitrogens with one attached hydrogen (secondary N) is 1. The first-order chi connectivity index (χ1) is 11.0. The van der Waals surface area contributed by atoms with Crippen molar-refractivity contribution in [1.82, 2.24) is 5.32 Å². The van der Waals surface area contributed by atoms with Crippen LogP contribution < -0.4 is 10.1 Å². The molecular weight excluding hydrogens is 304 g/mol. The van der Waals surface area contributed by atoms with Gasteiger partial charge in [-0.2, -0.15) is 0 Å². The molecule has 23 heavy (non-hydrogen) atoms. The minimum Gasteiger partial charge on any atom is -0.478 e. The maximum Gasteiger partial charge on any atom is 0.335 e. The van der Waals surface area contributed by atoms with Crippen LogP contribution in [0.25, 0.3) is 0 Å². The summed E-state index contributed by atoms with van der Waals surface area (Å²) in [6.07, 6.45) is 3.63. The Hall–Kier alpha value is -2.74. The molecule has 0 radical (unpaired) electrons. The number of hydrogen-bond acceptors (Lipinski definition) is 6. The summed E-state index contributed by atoms with van der Waals surface area (Å²) in [6, 6.07) is 3.11. The molecule has 0 aliphatic heterocycles. The van der Waals surface area contributed by atoms with E-state index in [2.05, 4.69) is 11.9 Å². The Kier molecular flexibility index (Phi) is 7.41. The van der Waals surface area contributed by atoms with E-state index in [0.29, 0.717) is 6.54 Å². The Morgan fingerprint density at radius 3 is 2.74 bits per heavy atom. The zero-order valence-electron chi connectivity index (χ0n) is 12.5. The largest absolute Gasteiger partial charge is 0.478 e. The lowest BCUT2D eigenvalue weighted by Gasteiger charge is -2.06. The van der Waals surface area contributed by atoms with Crippen molar-refractivity contribution in [1.29, 1.82) is 0 Å². The second-order valence-electron chi connectivity index (χ2n) is 4.65. The third kappa shape index (κ3) is 6.27. The van der Waals surface area contributed by atoms with E-state index in [1.807, 2.05) is 0 Å². The zero-order valence-corrected chi connectivity index (χ0v) is 12.5. The highest BCUT2D eigenvalue weighted by Crippen LogP contribution is 2.28. The van der Waals surface area contributed by atoms with Crippen molar-refractivity contribution in [3.63, 3.8) is 0 Å². The van der Waals surface area contributed by atoms with Crippen LogP contribution in [0.3, 0.4) is 0 Å². The third-order valence-electron chi connectivity index (χ3n) is 2.89. The molecule has 0 spiro atoms. The van der Waals surface area contributed by atoms with E-state index in [0.717, 1.165) is 37.6 Å². The highest BCUT2D eigenvalue weighted by molar-refractivity contribution is 5.89. The monoisotopic (exact) mass is 322 g/mol. The van der Waals surface area contributed by atoms with Crippen molar-refractivity contribution < 1.29 is 24.4 Å². The summed E-state index contributed by atoms with van der Waals surface area (Å²) in [7, 11) is 0. The molecule has 1 aromatic carbocycles. The summed E-state index contributed by atoms with van der Waals surface area (Å²) in [5.41, 5.74) is -0.808. The molecule has 8 heteroatoms. The van der Waals surface area contributed by atoms with Crippen LogP contribution in [0.2, 0.25) is 0 Å². The van der Waals surface area contributed by atoms with Crippen LogP contribution in [0.4, 0.5) is 5.69 Å². The number of carbonyl (C=O) groups is 2. The number of allylic oxidation sites excluding steroid dienone is 1. The number of rotatable bonds is 10. The number of nitro groups is 1. The molecule has 0 aliphatic carbocycles. The third-order valence-corrected chi connectivity index (χ3v) is 2.89. The van der Waals surface area contributed by atoms with Gasteiger partial charge in [0.15, 0.2) is 0 Å². The van der Waals surface area contributed by atoms with Crippen molar-refractivity contribution in [2.75, 3.05) is 13.1 Å². The average Bonchev–Trinajstić information content (AvgIpc) is 2.50. The number of unbranched alkanes of at least 4 members (excludes halogenated alkanes) is 1. The highest BCUT2D eigenvalue weighted by Gasteiger charge is 2.20. The van der Waals surface area contributed by atoms with E-state index < -0.39 is 22.5 Å². The van der Waals surface area contributed by atoms with Crippen LogP contribution in [-0.4, -0.2) is 35.1 Å². The Labute approximate surface area is 132 Å². The number of nitrogens with zero attached hydrogens (tertiary/aromatic N) is 1. The van der Waals surface area contributed by atoms with Gasteiger partial charge in [-0.1, -0.05) is 6.08 Å². The van der Waals surface area contributed by atoms with Gasteiger partial charge in [-0.05, 0) is 31.5 Å². The van der Waals surface area contributed by atoms with Crippen molar-refractivity contribution in [2.24, 2.45) is 0 Å². The molecule has 1 rings (SSSR count). The summed E-state index contributed by atoms with van der Waals surface area (Å²) in [5.74, 6) is -2.20. The maximum atomic E-state index is 11.7. The second-order valence-corrected chi connectivity index (χ2v) is 4.65. The first-order valence-corrected chi connectivity index (χ1v) is 6.99. The SMILES string of the molecule is C=CCCCNCCC(=O)Oc1ccc(C(=O)O)cc1[N+](=O)[O-]. The van der Waals surface area contributed by atoms with Crippen molar-refractivity contribution >= 4 is 17.6 Å². The first-order valence-electron chi connectivity index (χ1n) is 6.99. The quantitative estimate of drug-likeness (QED) is 0.169. The van der Waals surface area contributed by atoms with Crippen LogP contribution >= 0.6 is 0 Å². The molecule has 0 saturated carbocycles. The van der Waals surface area contributed by atoms with Crippen molar-refractivity contribution in [3.05, 3.63) is 46.5 Å².